The van der Waals surface area contributed by atoms with Crippen molar-refractivity contribution in [2.45, 2.75) is 31.9 Å². The average Bonchev–Trinajstić information content (AvgIpc) is 3.06. The van der Waals surface area contributed by atoms with Gasteiger partial charge in [-0.2, -0.15) is 18.3 Å². The summed E-state index contributed by atoms with van der Waals surface area (Å²) in [5.74, 6) is -1.26. The van der Waals surface area contributed by atoms with Gasteiger partial charge in [-0.1, -0.05) is 0 Å². The predicted molar refractivity (Wildman–Crippen MR) is 66.7 cm³/mol. The molecule has 0 saturated carbocycles. The molecule has 0 bridgehead atoms. The fourth-order valence-corrected chi connectivity index (χ4v) is 2.45. The third-order valence-electron chi connectivity index (χ3n) is 3.42. The van der Waals surface area contributed by atoms with Gasteiger partial charge in [0.25, 0.3) is 0 Å². The summed E-state index contributed by atoms with van der Waals surface area (Å²) in [4.78, 5) is 2.17. The maximum Gasteiger partial charge on any atom is 0.470 e. The van der Waals surface area contributed by atoms with Crippen molar-refractivity contribution in [1.29, 1.82) is 0 Å². The lowest BCUT2D eigenvalue weighted by Gasteiger charge is -2.28. The lowest BCUT2D eigenvalue weighted by molar-refractivity contribution is -0.157. The molecule has 0 unspecified atom stereocenters. The van der Waals surface area contributed by atoms with Gasteiger partial charge in [0, 0.05) is 19.5 Å². The minimum Gasteiger partial charge on any atom is -0.417 e. The van der Waals surface area contributed by atoms with E-state index in [1.807, 2.05) is 0 Å². The number of nitrogens with one attached hydrogen (secondary N) is 1. The van der Waals surface area contributed by atoms with Gasteiger partial charge in [-0.25, -0.2) is 0 Å². The molecule has 2 aromatic rings. The number of aromatic nitrogens is 4. The summed E-state index contributed by atoms with van der Waals surface area (Å²) < 4.78 is 41.6. The zero-order valence-corrected chi connectivity index (χ0v) is 11.2. The number of H-pyrrole nitrogens is 1. The lowest BCUT2D eigenvalue weighted by atomic mass is 10.1. The van der Waals surface area contributed by atoms with Gasteiger partial charge < -0.3 is 9.32 Å². The number of rotatable bonds is 4. The van der Waals surface area contributed by atoms with E-state index in [1.165, 1.54) is 0 Å². The Bertz CT molecular complexity index is 606. The first-order chi connectivity index (χ1) is 10.0. The Morgan fingerprint density at radius 3 is 2.95 bits per heavy atom. The first-order valence-corrected chi connectivity index (χ1v) is 6.71. The lowest BCUT2D eigenvalue weighted by Crippen LogP contribution is -2.30. The highest BCUT2D eigenvalue weighted by atomic mass is 19.4. The second-order valence-electron chi connectivity index (χ2n) is 4.93. The van der Waals surface area contributed by atoms with Crippen LogP contribution in [0.2, 0.25) is 0 Å². The van der Waals surface area contributed by atoms with Crippen LogP contribution < -0.4 is 4.90 Å². The topological polar surface area (TPSA) is 70.8 Å². The number of fused-ring (bicyclic) bond motifs is 1. The summed E-state index contributed by atoms with van der Waals surface area (Å²) in [6.45, 7) is 1.64. The number of anilines is 1. The summed E-state index contributed by atoms with van der Waals surface area (Å²) in [5.41, 5.74) is 2.18. The summed E-state index contributed by atoms with van der Waals surface area (Å²) in [6, 6.07) is 0. The summed E-state index contributed by atoms with van der Waals surface area (Å²) in [7, 11) is 0. The molecule has 0 amide bonds. The predicted octanol–water partition coefficient (Wildman–Crippen LogP) is 2.20. The van der Waals surface area contributed by atoms with E-state index >= 15 is 0 Å². The van der Waals surface area contributed by atoms with E-state index in [-0.39, 0.29) is 5.89 Å². The Balaban J connectivity index is 1.54. The van der Waals surface area contributed by atoms with Crippen LogP contribution in [0.3, 0.4) is 0 Å². The largest absolute Gasteiger partial charge is 0.470 e. The van der Waals surface area contributed by atoms with E-state index in [4.69, 9.17) is 0 Å². The molecule has 3 rings (SSSR count). The first-order valence-electron chi connectivity index (χ1n) is 6.71. The van der Waals surface area contributed by atoms with E-state index in [0.29, 0.717) is 12.8 Å². The van der Waals surface area contributed by atoms with Crippen LogP contribution in [0.1, 0.15) is 30.3 Å². The van der Waals surface area contributed by atoms with Crippen molar-refractivity contribution < 1.29 is 17.6 Å². The molecular weight excluding hydrogens is 287 g/mol. The van der Waals surface area contributed by atoms with E-state index < -0.39 is 12.1 Å². The van der Waals surface area contributed by atoms with Crippen LogP contribution in [0.15, 0.2) is 10.6 Å². The summed E-state index contributed by atoms with van der Waals surface area (Å²) in [6.07, 6.45) is 0.183. The van der Waals surface area contributed by atoms with Crippen molar-refractivity contribution in [3.63, 3.8) is 0 Å². The van der Waals surface area contributed by atoms with E-state index in [0.717, 1.165) is 37.3 Å². The van der Waals surface area contributed by atoms with Crippen LogP contribution in [0.4, 0.5) is 18.9 Å². The number of nitrogens with zero attached hydrogens (tertiary/aromatic N) is 4. The first kappa shape index (κ1) is 13.9. The van der Waals surface area contributed by atoms with Crippen molar-refractivity contribution in [2.75, 3.05) is 18.0 Å². The quantitative estimate of drug-likeness (QED) is 0.937. The number of aromatic amines is 1. The maximum absolute atomic E-state index is 12.3. The molecule has 0 saturated heterocycles. The molecule has 0 atom stereocenters. The zero-order chi connectivity index (χ0) is 14.9. The molecule has 0 fully saturated rings. The van der Waals surface area contributed by atoms with Crippen molar-refractivity contribution in [1.82, 2.24) is 20.4 Å². The highest BCUT2D eigenvalue weighted by Crippen LogP contribution is 2.28. The summed E-state index contributed by atoms with van der Waals surface area (Å²) in [5, 5.41) is 13.4. The number of alkyl halides is 3. The molecule has 1 aliphatic heterocycles. The molecule has 1 N–H and O–H groups in total. The van der Waals surface area contributed by atoms with E-state index in [1.54, 1.807) is 6.20 Å². The molecule has 1 aliphatic rings. The van der Waals surface area contributed by atoms with Crippen molar-refractivity contribution in [3.8, 4) is 0 Å². The Kier molecular flexibility index (Phi) is 3.56. The zero-order valence-electron chi connectivity index (χ0n) is 11.2. The average molecular weight is 301 g/mol. The van der Waals surface area contributed by atoms with Crippen molar-refractivity contribution in [3.05, 3.63) is 23.7 Å². The normalized spacial score (nSPS) is 15.3. The van der Waals surface area contributed by atoms with Crippen molar-refractivity contribution in [2.24, 2.45) is 0 Å². The van der Waals surface area contributed by atoms with Crippen LogP contribution in [0.25, 0.3) is 0 Å². The van der Waals surface area contributed by atoms with Gasteiger partial charge in [0.2, 0.25) is 5.89 Å². The summed E-state index contributed by atoms with van der Waals surface area (Å²) >= 11 is 0. The van der Waals surface area contributed by atoms with E-state index in [2.05, 4.69) is 29.7 Å². The molecule has 6 nitrogen and oxygen atoms in total. The molecule has 0 aromatic carbocycles. The molecule has 2 aromatic heterocycles. The van der Waals surface area contributed by atoms with Crippen molar-refractivity contribution >= 4 is 5.69 Å². The molecule has 0 aliphatic carbocycles. The number of hydrogen-bond acceptors (Lipinski definition) is 5. The Hall–Kier alpha value is -2.06. The highest BCUT2D eigenvalue weighted by molar-refractivity contribution is 5.50. The van der Waals surface area contributed by atoms with Gasteiger partial charge in [-0.3, -0.25) is 5.10 Å². The number of hydrogen-bond donors (Lipinski definition) is 1. The molecule has 0 radical (unpaired) electrons. The Morgan fingerprint density at radius 2 is 2.19 bits per heavy atom. The van der Waals surface area contributed by atoms with Gasteiger partial charge in [-0.05, 0) is 19.3 Å². The van der Waals surface area contributed by atoms with Gasteiger partial charge in [0.15, 0.2) is 0 Å². The fourth-order valence-electron chi connectivity index (χ4n) is 2.45. The number of halogens is 3. The molecule has 9 heteroatoms. The minimum absolute atomic E-state index is 0.0201. The second kappa shape index (κ2) is 5.38. The van der Waals surface area contributed by atoms with Crippen LogP contribution in [0, 0.1) is 0 Å². The number of aryl methyl sites for hydroxylation is 2. The van der Waals surface area contributed by atoms with E-state index in [9.17, 15) is 13.2 Å². The van der Waals surface area contributed by atoms with Gasteiger partial charge in [0.1, 0.15) is 0 Å². The monoisotopic (exact) mass is 301 g/mol. The second-order valence-corrected chi connectivity index (χ2v) is 4.93. The highest BCUT2D eigenvalue weighted by Gasteiger charge is 2.38. The van der Waals surface area contributed by atoms with Gasteiger partial charge in [-0.15, -0.1) is 10.2 Å². The maximum atomic E-state index is 12.3. The van der Waals surface area contributed by atoms with Crippen LogP contribution >= 0.6 is 0 Å². The fraction of sp³-hybridized carbons (Fsp3) is 0.583. The third kappa shape index (κ3) is 3.01. The molecule has 114 valence electrons. The third-order valence-corrected chi connectivity index (χ3v) is 3.42. The molecular formula is C12H14F3N5O. The Labute approximate surface area is 118 Å². The van der Waals surface area contributed by atoms with Crippen LogP contribution in [-0.4, -0.2) is 33.5 Å². The molecule has 3 heterocycles. The van der Waals surface area contributed by atoms with Crippen LogP contribution in [0.5, 0.6) is 0 Å². The minimum atomic E-state index is -4.58. The smallest absolute Gasteiger partial charge is 0.417 e. The van der Waals surface area contributed by atoms with Crippen LogP contribution in [-0.2, 0) is 19.0 Å². The van der Waals surface area contributed by atoms with Gasteiger partial charge >= 0.3 is 12.1 Å². The molecule has 21 heavy (non-hydrogen) atoms. The standard InChI is InChI=1S/C12H14F3N5O/c13-12(14,15)11-19-18-10(21-11)4-2-6-20-5-1-3-8-9(20)7-16-17-8/h7H,1-6H2,(H,16,17). The molecule has 0 spiro atoms. The van der Waals surface area contributed by atoms with Gasteiger partial charge in [0.05, 0.1) is 17.6 Å². The SMILES string of the molecule is FC(F)(F)c1nnc(CCCN2CCCc3[nH]ncc32)o1. The Morgan fingerprint density at radius 1 is 1.33 bits per heavy atom.